The molecule has 0 radical (unpaired) electrons. The Kier molecular flexibility index (Phi) is 3.46. The number of aromatic nitrogens is 2. The average molecular weight is 276 g/mol. The minimum absolute atomic E-state index is 0.0239. The topological polar surface area (TPSA) is 71.2 Å². The third-order valence-corrected chi connectivity index (χ3v) is 3.28. The third-order valence-electron chi connectivity index (χ3n) is 3.28. The molecule has 0 bridgehead atoms. The molecule has 2 atom stereocenters. The number of nitrogens with zero attached hydrogens (tertiary/aromatic N) is 4. The van der Waals surface area contributed by atoms with Gasteiger partial charge in [0.2, 0.25) is 0 Å². The molecule has 0 saturated carbocycles. The smallest absolute Gasteiger partial charge is 0.410 e. The maximum Gasteiger partial charge on any atom is 0.410 e. The molecular weight excluding hydrogens is 256 g/mol. The summed E-state index contributed by atoms with van der Waals surface area (Å²) in [6, 6.07) is 3.64. The first kappa shape index (κ1) is 14.4. The van der Waals surface area contributed by atoms with Gasteiger partial charge in [-0.1, -0.05) is 0 Å². The van der Waals surface area contributed by atoms with Gasteiger partial charge in [0, 0.05) is 6.54 Å². The van der Waals surface area contributed by atoms with Gasteiger partial charge in [-0.05, 0) is 40.7 Å². The van der Waals surface area contributed by atoms with E-state index in [0.717, 1.165) is 5.69 Å². The van der Waals surface area contributed by atoms with Crippen molar-refractivity contribution < 1.29 is 9.53 Å². The molecule has 1 aliphatic rings. The monoisotopic (exact) mass is 276 g/mol. The number of amides is 1. The molecule has 1 amide bonds. The predicted molar refractivity (Wildman–Crippen MR) is 73.0 cm³/mol. The summed E-state index contributed by atoms with van der Waals surface area (Å²) in [7, 11) is 0. The number of fused-ring (bicyclic) bond motifs is 1. The van der Waals surface area contributed by atoms with Gasteiger partial charge in [-0.25, -0.2) is 4.79 Å². The van der Waals surface area contributed by atoms with E-state index in [-0.39, 0.29) is 18.2 Å². The van der Waals surface area contributed by atoms with Crippen LogP contribution in [0.2, 0.25) is 0 Å². The Labute approximate surface area is 118 Å². The third kappa shape index (κ3) is 2.62. The van der Waals surface area contributed by atoms with E-state index < -0.39 is 5.60 Å². The maximum atomic E-state index is 12.3. The Morgan fingerprint density at radius 2 is 2.15 bits per heavy atom. The lowest BCUT2D eigenvalue weighted by atomic mass is 10.1. The van der Waals surface area contributed by atoms with Gasteiger partial charge in [-0.15, -0.1) is 0 Å². The quantitative estimate of drug-likeness (QED) is 0.730. The number of nitriles is 1. The van der Waals surface area contributed by atoms with Crippen LogP contribution in [0, 0.1) is 11.3 Å². The van der Waals surface area contributed by atoms with Crippen molar-refractivity contribution >= 4 is 6.09 Å². The number of carbonyl (C=O) groups excluding carboxylic acids is 1. The average Bonchev–Trinajstić information content (AvgIpc) is 2.76. The summed E-state index contributed by atoms with van der Waals surface area (Å²) >= 11 is 0. The number of carbonyl (C=O) groups is 1. The van der Waals surface area contributed by atoms with Crippen LogP contribution in [0.4, 0.5) is 4.79 Å². The molecule has 0 saturated heterocycles. The normalized spacial score (nSPS) is 22.1. The van der Waals surface area contributed by atoms with Crippen LogP contribution in [0.15, 0.2) is 6.07 Å². The minimum Gasteiger partial charge on any atom is -0.444 e. The second-order valence-corrected chi connectivity index (χ2v) is 6.17. The maximum absolute atomic E-state index is 12.3. The van der Waals surface area contributed by atoms with E-state index in [1.165, 1.54) is 0 Å². The molecule has 6 nitrogen and oxygen atoms in total. The fourth-order valence-electron chi connectivity index (χ4n) is 2.36. The fourth-order valence-corrected chi connectivity index (χ4v) is 2.36. The highest BCUT2D eigenvalue weighted by Crippen LogP contribution is 2.31. The lowest BCUT2D eigenvalue weighted by Gasteiger charge is -2.38. The number of hydrogen-bond donors (Lipinski definition) is 0. The summed E-state index contributed by atoms with van der Waals surface area (Å²) < 4.78 is 7.26. The van der Waals surface area contributed by atoms with Crippen molar-refractivity contribution in [3.8, 4) is 6.07 Å². The van der Waals surface area contributed by atoms with Crippen molar-refractivity contribution in [1.29, 1.82) is 5.26 Å². The zero-order valence-electron chi connectivity index (χ0n) is 12.5. The highest BCUT2D eigenvalue weighted by molar-refractivity contribution is 5.69. The van der Waals surface area contributed by atoms with Crippen LogP contribution >= 0.6 is 0 Å². The first-order valence-electron chi connectivity index (χ1n) is 6.72. The predicted octanol–water partition coefficient (Wildman–Crippen LogP) is 2.63. The van der Waals surface area contributed by atoms with Crippen molar-refractivity contribution in [2.45, 2.75) is 52.3 Å². The van der Waals surface area contributed by atoms with Gasteiger partial charge in [-0.2, -0.15) is 10.4 Å². The second-order valence-electron chi connectivity index (χ2n) is 6.17. The van der Waals surface area contributed by atoms with Crippen LogP contribution in [0.1, 0.15) is 58.1 Å². The highest BCUT2D eigenvalue weighted by atomic mass is 16.6. The van der Waals surface area contributed by atoms with E-state index in [4.69, 9.17) is 10.00 Å². The largest absolute Gasteiger partial charge is 0.444 e. The Balaban J connectivity index is 2.28. The Morgan fingerprint density at radius 3 is 2.70 bits per heavy atom. The molecule has 0 fully saturated rings. The second kappa shape index (κ2) is 4.82. The molecule has 1 aromatic heterocycles. The van der Waals surface area contributed by atoms with Crippen LogP contribution in [0.5, 0.6) is 0 Å². The van der Waals surface area contributed by atoms with Gasteiger partial charge in [0.05, 0.1) is 17.8 Å². The molecule has 0 unspecified atom stereocenters. The van der Waals surface area contributed by atoms with E-state index in [2.05, 4.69) is 5.10 Å². The van der Waals surface area contributed by atoms with Gasteiger partial charge < -0.3 is 4.74 Å². The molecule has 1 aromatic rings. The number of hydrogen-bond acceptors (Lipinski definition) is 4. The standard InChI is InChI=1S/C14H20N4O2/c1-9-8-17(13(19)20-14(3,4)5)10(2)12-6-11(7-15)16-18(9)12/h6,9-10H,8H2,1-5H3/t9-,10+/m0/s1. The van der Waals surface area contributed by atoms with Crippen molar-refractivity contribution in [3.05, 3.63) is 17.5 Å². The summed E-state index contributed by atoms with van der Waals surface area (Å²) in [6.07, 6.45) is -0.331. The summed E-state index contributed by atoms with van der Waals surface area (Å²) in [5.74, 6) is 0. The number of rotatable bonds is 0. The van der Waals surface area contributed by atoms with Crippen LogP contribution < -0.4 is 0 Å². The van der Waals surface area contributed by atoms with Gasteiger partial charge in [0.1, 0.15) is 11.7 Å². The molecule has 2 rings (SSSR count). The Hall–Kier alpha value is -2.03. The van der Waals surface area contributed by atoms with E-state index in [1.54, 1.807) is 11.0 Å². The van der Waals surface area contributed by atoms with Crippen LogP contribution in [-0.4, -0.2) is 32.9 Å². The molecule has 0 aromatic carbocycles. The fraction of sp³-hybridized carbons (Fsp3) is 0.643. The molecule has 6 heteroatoms. The Morgan fingerprint density at radius 1 is 1.50 bits per heavy atom. The van der Waals surface area contributed by atoms with Crippen molar-refractivity contribution in [1.82, 2.24) is 14.7 Å². The van der Waals surface area contributed by atoms with Crippen molar-refractivity contribution in [3.63, 3.8) is 0 Å². The SMILES string of the molecule is C[C@@H]1c2cc(C#N)nn2[C@@H](C)CN1C(=O)OC(C)(C)C. The summed E-state index contributed by atoms with van der Waals surface area (Å²) in [4.78, 5) is 14.0. The molecule has 20 heavy (non-hydrogen) atoms. The highest BCUT2D eigenvalue weighted by Gasteiger charge is 2.35. The lowest BCUT2D eigenvalue weighted by Crippen LogP contribution is -2.45. The van der Waals surface area contributed by atoms with Crippen molar-refractivity contribution in [2.24, 2.45) is 0 Å². The number of ether oxygens (including phenoxy) is 1. The minimum atomic E-state index is -0.518. The molecule has 0 aliphatic carbocycles. The summed E-state index contributed by atoms with van der Waals surface area (Å²) in [6.45, 7) is 9.96. The first-order valence-corrected chi connectivity index (χ1v) is 6.72. The molecule has 0 N–H and O–H groups in total. The van der Waals surface area contributed by atoms with E-state index in [0.29, 0.717) is 12.2 Å². The van der Waals surface area contributed by atoms with Crippen LogP contribution in [0.3, 0.4) is 0 Å². The van der Waals surface area contributed by atoms with Gasteiger partial charge in [0.25, 0.3) is 0 Å². The summed E-state index contributed by atoms with van der Waals surface area (Å²) in [5, 5.41) is 13.2. The van der Waals surface area contributed by atoms with Crippen LogP contribution in [-0.2, 0) is 4.74 Å². The molecule has 108 valence electrons. The molecule has 1 aliphatic heterocycles. The van der Waals surface area contributed by atoms with E-state index in [9.17, 15) is 4.79 Å². The zero-order chi connectivity index (χ0) is 15.1. The van der Waals surface area contributed by atoms with E-state index >= 15 is 0 Å². The van der Waals surface area contributed by atoms with Gasteiger partial charge in [-0.3, -0.25) is 9.58 Å². The summed E-state index contributed by atoms with van der Waals surface area (Å²) in [5.41, 5.74) is 0.728. The van der Waals surface area contributed by atoms with Crippen LogP contribution in [0.25, 0.3) is 0 Å². The van der Waals surface area contributed by atoms with Gasteiger partial charge in [0.15, 0.2) is 5.69 Å². The van der Waals surface area contributed by atoms with Gasteiger partial charge >= 0.3 is 6.09 Å². The lowest BCUT2D eigenvalue weighted by molar-refractivity contribution is 0.00865. The van der Waals surface area contributed by atoms with E-state index in [1.807, 2.05) is 45.4 Å². The molecule has 0 spiro atoms. The van der Waals surface area contributed by atoms with Crippen molar-refractivity contribution in [2.75, 3.05) is 6.54 Å². The molecule has 2 heterocycles. The zero-order valence-corrected chi connectivity index (χ0v) is 12.5. The first-order chi connectivity index (χ1) is 9.23. The molecular formula is C14H20N4O2. The Bertz CT molecular complexity index is 565.